The van der Waals surface area contributed by atoms with Crippen LogP contribution in [0.5, 0.6) is 0 Å². The van der Waals surface area contributed by atoms with Crippen molar-refractivity contribution in [3.8, 4) is 0 Å². The van der Waals surface area contributed by atoms with Crippen LogP contribution in [-0.4, -0.2) is 10.8 Å². The standard InChI is InChI=1S/C8H9NOS/c10-11-9-6-5-7-3-1-2-4-8(7)9/h1-4,11H,5-6H2. The van der Waals surface area contributed by atoms with Crippen LogP contribution in [0.25, 0.3) is 0 Å². The lowest BCUT2D eigenvalue weighted by atomic mass is 10.2. The van der Waals surface area contributed by atoms with Crippen molar-refractivity contribution < 1.29 is 4.21 Å². The maximum atomic E-state index is 10.6. The van der Waals surface area contributed by atoms with Gasteiger partial charge in [-0.05, 0) is 18.1 Å². The van der Waals surface area contributed by atoms with Crippen LogP contribution >= 0.6 is 0 Å². The number of hydrogen-bond acceptors (Lipinski definition) is 1. The number of para-hydroxylation sites is 1. The highest BCUT2D eigenvalue weighted by molar-refractivity contribution is 7.67. The van der Waals surface area contributed by atoms with E-state index in [2.05, 4.69) is 6.07 Å². The van der Waals surface area contributed by atoms with E-state index in [1.165, 1.54) is 5.56 Å². The number of rotatable bonds is 1. The fraction of sp³-hybridized carbons (Fsp3) is 0.250. The second kappa shape index (κ2) is 2.66. The van der Waals surface area contributed by atoms with Crippen LogP contribution in [0.15, 0.2) is 24.3 Å². The summed E-state index contributed by atoms with van der Waals surface area (Å²) in [5, 5.41) is 0. The second-order valence-electron chi connectivity index (χ2n) is 2.58. The first-order valence-electron chi connectivity index (χ1n) is 3.60. The zero-order valence-corrected chi connectivity index (χ0v) is 6.92. The van der Waals surface area contributed by atoms with Crippen molar-refractivity contribution in [2.45, 2.75) is 6.42 Å². The van der Waals surface area contributed by atoms with Gasteiger partial charge in [-0.2, -0.15) is 0 Å². The van der Waals surface area contributed by atoms with E-state index in [1.807, 2.05) is 22.5 Å². The maximum Gasteiger partial charge on any atom is 0.106 e. The molecule has 0 fully saturated rings. The van der Waals surface area contributed by atoms with E-state index in [4.69, 9.17) is 0 Å². The fourth-order valence-electron chi connectivity index (χ4n) is 1.41. The molecule has 0 saturated carbocycles. The minimum absolute atomic E-state index is 0.110. The van der Waals surface area contributed by atoms with Gasteiger partial charge in [-0.15, -0.1) is 0 Å². The topological polar surface area (TPSA) is 20.3 Å². The van der Waals surface area contributed by atoms with Gasteiger partial charge in [0.05, 0.1) is 5.69 Å². The third-order valence-corrected chi connectivity index (χ3v) is 2.57. The molecule has 0 unspecified atom stereocenters. The summed E-state index contributed by atoms with van der Waals surface area (Å²) in [5.41, 5.74) is 2.42. The third-order valence-electron chi connectivity index (χ3n) is 1.96. The smallest absolute Gasteiger partial charge is 0.106 e. The van der Waals surface area contributed by atoms with Crippen LogP contribution in [0.3, 0.4) is 0 Å². The molecule has 1 aromatic rings. The summed E-state index contributed by atoms with van der Waals surface area (Å²) in [5.74, 6) is 0. The number of fused-ring (bicyclic) bond motifs is 1. The molecule has 1 heterocycles. The summed E-state index contributed by atoms with van der Waals surface area (Å²) < 4.78 is 12.4. The van der Waals surface area contributed by atoms with Gasteiger partial charge in [0.15, 0.2) is 0 Å². The van der Waals surface area contributed by atoms with Gasteiger partial charge < -0.3 is 0 Å². The van der Waals surface area contributed by atoms with E-state index in [-0.39, 0.29) is 11.9 Å². The summed E-state index contributed by atoms with van der Waals surface area (Å²) in [6, 6.07) is 8.08. The predicted octanol–water partition coefficient (Wildman–Crippen LogP) is 0.909. The Labute approximate surface area is 69.5 Å². The molecule has 1 aliphatic heterocycles. The molecule has 0 aromatic heterocycles. The van der Waals surface area contributed by atoms with Crippen LogP contribution in [-0.2, 0) is 18.3 Å². The fourth-order valence-corrected chi connectivity index (χ4v) is 1.87. The van der Waals surface area contributed by atoms with Gasteiger partial charge in [0, 0.05) is 6.54 Å². The van der Waals surface area contributed by atoms with Crippen LogP contribution in [0.2, 0.25) is 0 Å². The Balaban J connectivity index is 2.46. The minimum Gasteiger partial charge on any atom is -0.294 e. The van der Waals surface area contributed by atoms with Crippen molar-refractivity contribution in [1.82, 2.24) is 0 Å². The summed E-state index contributed by atoms with van der Waals surface area (Å²) in [6.45, 7) is 0.879. The Morgan fingerprint density at radius 2 is 2.18 bits per heavy atom. The van der Waals surface area contributed by atoms with Gasteiger partial charge in [-0.3, -0.25) is 4.31 Å². The highest BCUT2D eigenvalue weighted by atomic mass is 32.2. The van der Waals surface area contributed by atoms with E-state index in [0.29, 0.717) is 0 Å². The molecule has 58 valence electrons. The normalized spacial score (nSPS) is 15.1. The summed E-state index contributed by atoms with van der Waals surface area (Å²) in [4.78, 5) is 0. The molecule has 0 amide bonds. The van der Waals surface area contributed by atoms with E-state index in [0.717, 1.165) is 18.7 Å². The first kappa shape index (κ1) is 6.85. The largest absolute Gasteiger partial charge is 0.294 e. The van der Waals surface area contributed by atoms with Crippen molar-refractivity contribution in [2.24, 2.45) is 0 Å². The van der Waals surface area contributed by atoms with E-state index in [9.17, 15) is 4.21 Å². The molecule has 0 atom stereocenters. The molecular weight excluding hydrogens is 158 g/mol. The van der Waals surface area contributed by atoms with Crippen molar-refractivity contribution >= 4 is 17.5 Å². The molecule has 11 heavy (non-hydrogen) atoms. The van der Waals surface area contributed by atoms with E-state index in [1.54, 1.807) is 0 Å². The number of hydrogen-bond donors (Lipinski definition) is 1. The maximum absolute atomic E-state index is 10.6. The highest BCUT2D eigenvalue weighted by Crippen LogP contribution is 2.26. The van der Waals surface area contributed by atoms with Gasteiger partial charge in [0.2, 0.25) is 0 Å². The van der Waals surface area contributed by atoms with Crippen LogP contribution in [0.4, 0.5) is 5.69 Å². The Morgan fingerprint density at radius 1 is 1.36 bits per heavy atom. The Morgan fingerprint density at radius 3 is 3.00 bits per heavy atom. The van der Waals surface area contributed by atoms with Crippen LogP contribution in [0.1, 0.15) is 5.56 Å². The quantitative estimate of drug-likeness (QED) is 0.616. The molecule has 0 radical (unpaired) electrons. The lowest BCUT2D eigenvalue weighted by Gasteiger charge is -2.08. The van der Waals surface area contributed by atoms with E-state index < -0.39 is 0 Å². The van der Waals surface area contributed by atoms with Crippen molar-refractivity contribution in [2.75, 3.05) is 10.8 Å². The molecule has 0 N–H and O–H groups in total. The van der Waals surface area contributed by atoms with Gasteiger partial charge in [0.1, 0.15) is 11.9 Å². The first-order chi connectivity index (χ1) is 5.42. The SMILES string of the molecule is O=[SH]N1CCc2ccccc21. The Hall–Kier alpha value is -0.830. The van der Waals surface area contributed by atoms with E-state index >= 15 is 0 Å². The summed E-state index contributed by atoms with van der Waals surface area (Å²) in [6.07, 6.45) is 1.02. The molecule has 0 spiro atoms. The molecule has 1 aromatic carbocycles. The second-order valence-corrected chi connectivity index (χ2v) is 3.23. The number of anilines is 1. The summed E-state index contributed by atoms with van der Waals surface area (Å²) >= 11 is 0.110. The number of nitrogens with zero attached hydrogens (tertiary/aromatic N) is 1. The average molecular weight is 167 g/mol. The molecule has 0 bridgehead atoms. The average Bonchev–Trinajstić information content (AvgIpc) is 2.47. The molecule has 0 aliphatic carbocycles. The van der Waals surface area contributed by atoms with Crippen molar-refractivity contribution in [3.05, 3.63) is 29.8 Å². The monoisotopic (exact) mass is 167 g/mol. The number of benzene rings is 1. The Kier molecular flexibility index (Phi) is 1.66. The molecular formula is C8H9NOS. The first-order valence-corrected chi connectivity index (χ1v) is 4.37. The van der Waals surface area contributed by atoms with Gasteiger partial charge >= 0.3 is 0 Å². The predicted molar refractivity (Wildman–Crippen MR) is 47.0 cm³/mol. The Bertz CT molecular complexity index is 287. The molecule has 3 heteroatoms. The third kappa shape index (κ3) is 1.05. The number of thiol groups is 1. The van der Waals surface area contributed by atoms with Crippen LogP contribution < -0.4 is 4.31 Å². The molecule has 0 saturated heterocycles. The zero-order chi connectivity index (χ0) is 7.68. The summed E-state index contributed by atoms with van der Waals surface area (Å²) in [7, 11) is 0. The zero-order valence-electron chi connectivity index (χ0n) is 6.03. The highest BCUT2D eigenvalue weighted by Gasteiger charge is 2.16. The minimum atomic E-state index is 0.110. The van der Waals surface area contributed by atoms with Crippen LogP contribution in [0, 0.1) is 0 Å². The lowest BCUT2D eigenvalue weighted by molar-refractivity contribution is 0.691. The van der Waals surface area contributed by atoms with Gasteiger partial charge in [-0.25, -0.2) is 4.21 Å². The van der Waals surface area contributed by atoms with Gasteiger partial charge in [-0.1, -0.05) is 18.2 Å². The molecule has 1 aliphatic rings. The van der Waals surface area contributed by atoms with Gasteiger partial charge in [0.25, 0.3) is 0 Å². The molecule has 2 rings (SSSR count). The van der Waals surface area contributed by atoms with Crippen molar-refractivity contribution in [1.29, 1.82) is 0 Å². The lowest BCUT2D eigenvalue weighted by Crippen LogP contribution is -2.13. The van der Waals surface area contributed by atoms with Crippen molar-refractivity contribution in [3.63, 3.8) is 0 Å². The molecule has 2 nitrogen and oxygen atoms in total.